The van der Waals surface area contributed by atoms with Gasteiger partial charge in [0.25, 0.3) is 0 Å². The van der Waals surface area contributed by atoms with Crippen LogP contribution in [0, 0.1) is 35.1 Å². The minimum atomic E-state index is -1.07. The van der Waals surface area contributed by atoms with Crippen molar-refractivity contribution in [2.24, 2.45) is 11.8 Å². The molecule has 0 aromatic heterocycles. The number of hydrogen-bond donors (Lipinski definition) is 0. The fourth-order valence-electron chi connectivity index (χ4n) is 3.76. The second-order valence-corrected chi connectivity index (χ2v) is 7.41. The third-order valence-electron chi connectivity index (χ3n) is 5.34. The minimum Gasteiger partial charge on any atom is -0.251 e. The van der Waals surface area contributed by atoms with E-state index in [4.69, 9.17) is 0 Å². The monoisotopic (exact) mass is 398 g/mol. The van der Waals surface area contributed by atoms with E-state index in [9.17, 15) is 22.0 Å². The largest absolute Gasteiger partial charge is 0.251 e. The highest BCUT2D eigenvalue weighted by molar-refractivity contribution is 5.64. The number of alkyl halides is 1. The molecule has 3 rings (SSSR count). The van der Waals surface area contributed by atoms with Gasteiger partial charge in [-0.25, -0.2) is 17.6 Å². The van der Waals surface area contributed by atoms with Crippen LogP contribution in [0.5, 0.6) is 0 Å². The SMILES string of the molecule is CCCC1CCC(CCF)CC1.Fc1ccc(-c2ccc(F)c(F)c2)c(F)c1. The van der Waals surface area contributed by atoms with Crippen LogP contribution in [0.3, 0.4) is 0 Å². The summed E-state index contributed by atoms with van der Waals surface area (Å²) in [6.45, 7) is 2.15. The number of hydrogen-bond acceptors (Lipinski definition) is 0. The summed E-state index contributed by atoms with van der Waals surface area (Å²) >= 11 is 0. The second-order valence-electron chi connectivity index (χ2n) is 7.41. The first-order valence-corrected chi connectivity index (χ1v) is 9.91. The minimum absolute atomic E-state index is 0.0281. The Balaban J connectivity index is 0.000000209. The van der Waals surface area contributed by atoms with Crippen LogP contribution in [0.15, 0.2) is 36.4 Å². The smallest absolute Gasteiger partial charge is 0.159 e. The molecule has 28 heavy (non-hydrogen) atoms. The molecular weight excluding hydrogens is 371 g/mol. The van der Waals surface area contributed by atoms with Crippen LogP contribution in [0.25, 0.3) is 11.1 Å². The average Bonchev–Trinajstić information content (AvgIpc) is 2.67. The van der Waals surface area contributed by atoms with Gasteiger partial charge in [0, 0.05) is 11.6 Å². The van der Waals surface area contributed by atoms with Gasteiger partial charge in [-0.2, -0.15) is 0 Å². The van der Waals surface area contributed by atoms with Gasteiger partial charge in [-0.3, -0.25) is 4.39 Å². The van der Waals surface area contributed by atoms with E-state index in [-0.39, 0.29) is 17.8 Å². The van der Waals surface area contributed by atoms with Crippen molar-refractivity contribution in [2.45, 2.75) is 51.9 Å². The van der Waals surface area contributed by atoms with Crippen LogP contribution in [-0.4, -0.2) is 6.67 Å². The first-order chi connectivity index (χ1) is 13.4. The maximum Gasteiger partial charge on any atom is 0.159 e. The molecule has 1 saturated carbocycles. The lowest BCUT2D eigenvalue weighted by molar-refractivity contribution is 0.238. The van der Waals surface area contributed by atoms with Gasteiger partial charge in [0.05, 0.1) is 6.67 Å². The molecule has 2 aromatic carbocycles. The molecule has 5 heteroatoms. The van der Waals surface area contributed by atoms with Crippen molar-refractivity contribution in [3.63, 3.8) is 0 Å². The van der Waals surface area contributed by atoms with Crippen LogP contribution in [0.1, 0.15) is 51.9 Å². The van der Waals surface area contributed by atoms with Gasteiger partial charge in [0.2, 0.25) is 0 Å². The molecule has 0 radical (unpaired) electrons. The lowest BCUT2D eigenvalue weighted by atomic mass is 9.79. The molecule has 154 valence electrons. The van der Waals surface area contributed by atoms with E-state index in [1.165, 1.54) is 50.7 Å². The summed E-state index contributed by atoms with van der Waals surface area (Å²) in [6, 6.07) is 5.92. The number of benzene rings is 2. The molecule has 0 saturated heterocycles. The first-order valence-electron chi connectivity index (χ1n) is 9.91. The van der Waals surface area contributed by atoms with E-state index in [2.05, 4.69) is 6.92 Å². The van der Waals surface area contributed by atoms with E-state index in [0.29, 0.717) is 12.0 Å². The third-order valence-corrected chi connectivity index (χ3v) is 5.34. The molecule has 0 spiro atoms. The normalized spacial score (nSPS) is 19.1. The molecule has 0 unspecified atom stereocenters. The molecular formula is C23H27F5. The fraction of sp³-hybridized carbons (Fsp3) is 0.478. The Kier molecular flexibility index (Phi) is 8.94. The highest BCUT2D eigenvalue weighted by Gasteiger charge is 2.19. The van der Waals surface area contributed by atoms with Crippen LogP contribution in [-0.2, 0) is 0 Å². The van der Waals surface area contributed by atoms with Crippen molar-refractivity contribution in [3.05, 3.63) is 59.7 Å². The Labute approximate surface area is 163 Å². The van der Waals surface area contributed by atoms with Crippen molar-refractivity contribution < 1.29 is 22.0 Å². The maximum absolute atomic E-state index is 13.3. The van der Waals surface area contributed by atoms with Crippen molar-refractivity contribution >= 4 is 0 Å². The second kappa shape index (κ2) is 11.2. The van der Waals surface area contributed by atoms with Crippen LogP contribution >= 0.6 is 0 Å². The topological polar surface area (TPSA) is 0 Å². The predicted molar refractivity (Wildman–Crippen MR) is 103 cm³/mol. The lowest BCUT2D eigenvalue weighted by Crippen LogP contribution is -2.14. The van der Waals surface area contributed by atoms with Gasteiger partial charge >= 0.3 is 0 Å². The Morgan fingerprint density at radius 1 is 0.750 bits per heavy atom. The standard InChI is InChI=1S/C12H6F4.C11H21F/c13-8-2-3-9(11(15)6-8)7-1-4-10(14)12(16)5-7;1-2-3-10-4-6-11(7-5-10)8-9-12/h1-6H;10-11H,2-9H2,1H3. The summed E-state index contributed by atoms with van der Waals surface area (Å²) in [4.78, 5) is 0. The predicted octanol–water partition coefficient (Wildman–Crippen LogP) is 7.86. The van der Waals surface area contributed by atoms with Crippen molar-refractivity contribution in [3.8, 4) is 11.1 Å². The molecule has 1 aliphatic rings. The Morgan fingerprint density at radius 3 is 1.93 bits per heavy atom. The molecule has 0 N–H and O–H groups in total. The quantitative estimate of drug-likeness (QED) is 0.450. The van der Waals surface area contributed by atoms with Gasteiger partial charge in [-0.05, 0) is 48.1 Å². The third kappa shape index (κ3) is 6.61. The lowest BCUT2D eigenvalue weighted by Gasteiger charge is -2.27. The molecule has 1 aliphatic carbocycles. The summed E-state index contributed by atoms with van der Waals surface area (Å²) < 4.78 is 63.5. The summed E-state index contributed by atoms with van der Waals surface area (Å²) in [6.07, 6.45) is 8.82. The fourth-order valence-corrected chi connectivity index (χ4v) is 3.76. The number of halogens is 5. The average molecular weight is 398 g/mol. The molecule has 0 heterocycles. The van der Waals surface area contributed by atoms with Gasteiger partial charge in [-0.1, -0.05) is 51.5 Å². The zero-order valence-corrected chi connectivity index (χ0v) is 16.2. The molecule has 2 aromatic rings. The van der Waals surface area contributed by atoms with Crippen molar-refractivity contribution in [1.82, 2.24) is 0 Å². The van der Waals surface area contributed by atoms with E-state index in [1.807, 2.05) is 0 Å². The first kappa shape index (κ1) is 22.4. The van der Waals surface area contributed by atoms with Crippen LogP contribution in [0.4, 0.5) is 22.0 Å². The summed E-state index contributed by atoms with van der Waals surface area (Å²) in [5, 5.41) is 0. The highest BCUT2D eigenvalue weighted by Crippen LogP contribution is 2.33. The van der Waals surface area contributed by atoms with E-state index < -0.39 is 23.3 Å². The van der Waals surface area contributed by atoms with Gasteiger partial charge in [0.15, 0.2) is 11.6 Å². The summed E-state index contributed by atoms with van der Waals surface area (Å²) in [5.74, 6) is -1.93. The van der Waals surface area contributed by atoms with E-state index in [0.717, 1.165) is 30.5 Å². The van der Waals surface area contributed by atoms with E-state index >= 15 is 0 Å². The Morgan fingerprint density at radius 2 is 1.39 bits per heavy atom. The Bertz CT molecular complexity index is 722. The van der Waals surface area contributed by atoms with Crippen LogP contribution < -0.4 is 0 Å². The van der Waals surface area contributed by atoms with Crippen LogP contribution in [0.2, 0.25) is 0 Å². The van der Waals surface area contributed by atoms with E-state index in [1.54, 1.807) is 0 Å². The molecule has 0 bridgehead atoms. The molecule has 0 atom stereocenters. The zero-order chi connectivity index (χ0) is 20.5. The summed E-state index contributed by atoms with van der Waals surface area (Å²) in [7, 11) is 0. The zero-order valence-electron chi connectivity index (χ0n) is 16.2. The Hall–Kier alpha value is -1.91. The van der Waals surface area contributed by atoms with Gasteiger partial charge < -0.3 is 0 Å². The van der Waals surface area contributed by atoms with Gasteiger partial charge in [-0.15, -0.1) is 0 Å². The maximum atomic E-state index is 13.3. The molecule has 1 fully saturated rings. The molecule has 0 aliphatic heterocycles. The highest BCUT2D eigenvalue weighted by atomic mass is 19.2. The molecule has 0 nitrogen and oxygen atoms in total. The van der Waals surface area contributed by atoms with Crippen molar-refractivity contribution in [2.75, 3.05) is 6.67 Å². The number of rotatable bonds is 5. The molecule has 0 amide bonds. The van der Waals surface area contributed by atoms with Crippen molar-refractivity contribution in [1.29, 1.82) is 0 Å². The van der Waals surface area contributed by atoms with Gasteiger partial charge in [0.1, 0.15) is 11.6 Å². The summed E-state index contributed by atoms with van der Waals surface area (Å²) in [5.41, 5.74) is 0.191.